The van der Waals surface area contributed by atoms with Gasteiger partial charge in [-0.3, -0.25) is 9.78 Å². The van der Waals surface area contributed by atoms with Gasteiger partial charge in [0.2, 0.25) is 5.91 Å². The lowest BCUT2D eigenvalue weighted by Crippen LogP contribution is -2.27. The number of carbonyl (C=O) groups excluding carboxylic acids is 1. The molecule has 1 amide bonds. The van der Waals surface area contributed by atoms with E-state index in [4.69, 9.17) is 9.47 Å². The molecule has 0 aliphatic carbocycles. The minimum absolute atomic E-state index is 0.212. The van der Waals surface area contributed by atoms with Gasteiger partial charge in [0, 0.05) is 54.1 Å². The molecule has 8 nitrogen and oxygen atoms in total. The van der Waals surface area contributed by atoms with Crippen LogP contribution in [-0.2, 0) is 9.53 Å². The van der Waals surface area contributed by atoms with E-state index in [0.29, 0.717) is 46.8 Å². The van der Waals surface area contributed by atoms with Gasteiger partial charge in [0.1, 0.15) is 18.4 Å². The molecule has 2 N–H and O–H groups in total. The summed E-state index contributed by atoms with van der Waals surface area (Å²) in [6.45, 7) is 2.60. The summed E-state index contributed by atoms with van der Waals surface area (Å²) in [5, 5.41) is 16.8. The van der Waals surface area contributed by atoms with Crippen molar-refractivity contribution in [2.24, 2.45) is 0 Å². The van der Waals surface area contributed by atoms with Gasteiger partial charge in [-0.25, -0.2) is 0 Å². The van der Waals surface area contributed by atoms with E-state index < -0.39 is 0 Å². The summed E-state index contributed by atoms with van der Waals surface area (Å²) >= 11 is 3.48. The first-order valence-corrected chi connectivity index (χ1v) is 12.5. The summed E-state index contributed by atoms with van der Waals surface area (Å²) < 4.78 is 11.9. The molecule has 1 aromatic heterocycles. The summed E-state index contributed by atoms with van der Waals surface area (Å²) in [6, 6.07) is 13.5. The SMILES string of the molecule is COCCOc1cc2ncc(C#N)c(Nc3cccc(Br)c3)c2cc1NC(=O)C=C1CCN(C)CC1. The Bertz CT molecular complexity index is 1320. The molecule has 36 heavy (non-hydrogen) atoms. The molecule has 186 valence electrons. The van der Waals surface area contributed by atoms with Crippen LogP contribution in [0.5, 0.6) is 5.75 Å². The molecule has 0 spiro atoms. The number of benzene rings is 2. The van der Waals surface area contributed by atoms with Gasteiger partial charge in [0.25, 0.3) is 0 Å². The Kier molecular flexibility index (Phi) is 8.54. The number of nitrogens with one attached hydrogen (secondary N) is 2. The van der Waals surface area contributed by atoms with Crippen LogP contribution in [0, 0.1) is 11.3 Å². The lowest BCUT2D eigenvalue weighted by Gasteiger charge is -2.23. The standard InChI is InChI=1S/C27H28BrN5O3/c1-33-8-6-18(7-9-33)12-26(34)32-24-14-22-23(15-25(24)36-11-10-35-2)30-17-19(16-29)27(22)31-21-5-3-4-20(28)13-21/h3-5,12-15,17H,6-11H2,1-2H3,(H,30,31)(H,32,34). The van der Waals surface area contributed by atoms with Gasteiger partial charge >= 0.3 is 0 Å². The van der Waals surface area contributed by atoms with Crippen molar-refractivity contribution in [1.29, 1.82) is 5.26 Å². The summed E-state index contributed by atoms with van der Waals surface area (Å²) in [4.78, 5) is 19.7. The van der Waals surface area contributed by atoms with Crippen LogP contribution in [0.2, 0.25) is 0 Å². The second-order valence-electron chi connectivity index (χ2n) is 8.60. The quantitative estimate of drug-likeness (QED) is 0.293. The second-order valence-corrected chi connectivity index (χ2v) is 9.51. The zero-order valence-corrected chi connectivity index (χ0v) is 21.9. The van der Waals surface area contributed by atoms with E-state index >= 15 is 0 Å². The summed E-state index contributed by atoms with van der Waals surface area (Å²) in [6.07, 6.45) is 4.95. The minimum Gasteiger partial charge on any atom is -0.489 e. The van der Waals surface area contributed by atoms with Crippen LogP contribution in [0.15, 0.2) is 58.7 Å². The number of carbonyl (C=O) groups is 1. The van der Waals surface area contributed by atoms with Crippen LogP contribution in [0.4, 0.5) is 17.1 Å². The lowest BCUT2D eigenvalue weighted by molar-refractivity contribution is -0.112. The minimum atomic E-state index is -0.212. The molecule has 0 saturated carbocycles. The van der Waals surface area contributed by atoms with Crippen LogP contribution < -0.4 is 15.4 Å². The number of hydrogen-bond acceptors (Lipinski definition) is 7. The highest BCUT2D eigenvalue weighted by molar-refractivity contribution is 9.10. The number of halogens is 1. The van der Waals surface area contributed by atoms with Crippen molar-refractivity contribution in [1.82, 2.24) is 9.88 Å². The molecule has 2 aromatic carbocycles. The molecule has 0 atom stereocenters. The number of nitrogens with zero attached hydrogens (tertiary/aromatic N) is 3. The van der Waals surface area contributed by atoms with Gasteiger partial charge in [0.05, 0.1) is 29.1 Å². The Balaban J connectivity index is 1.73. The first-order valence-electron chi connectivity index (χ1n) is 11.7. The third kappa shape index (κ3) is 6.40. The highest BCUT2D eigenvalue weighted by atomic mass is 79.9. The number of rotatable bonds is 8. The molecule has 4 rings (SSSR count). The van der Waals surface area contributed by atoms with E-state index in [-0.39, 0.29) is 5.91 Å². The van der Waals surface area contributed by atoms with E-state index in [0.717, 1.165) is 41.7 Å². The zero-order chi connectivity index (χ0) is 25.5. The average molecular weight is 550 g/mol. The Morgan fingerprint density at radius 3 is 2.78 bits per heavy atom. The molecule has 0 radical (unpaired) electrons. The smallest absolute Gasteiger partial charge is 0.248 e. The molecular formula is C27H28BrN5O3. The number of pyridine rings is 1. The van der Waals surface area contributed by atoms with E-state index in [1.54, 1.807) is 25.3 Å². The Hall–Kier alpha value is -3.45. The van der Waals surface area contributed by atoms with Gasteiger partial charge in [-0.1, -0.05) is 27.6 Å². The van der Waals surface area contributed by atoms with Crippen LogP contribution in [-0.4, -0.2) is 56.3 Å². The molecule has 3 aromatic rings. The normalized spacial score (nSPS) is 13.8. The number of nitriles is 1. The van der Waals surface area contributed by atoms with Gasteiger partial charge in [0.15, 0.2) is 0 Å². The topological polar surface area (TPSA) is 99.5 Å². The van der Waals surface area contributed by atoms with E-state index in [2.05, 4.69) is 49.6 Å². The fraction of sp³-hybridized carbons (Fsp3) is 0.296. The average Bonchev–Trinajstić information content (AvgIpc) is 2.86. The summed E-state index contributed by atoms with van der Waals surface area (Å²) in [7, 11) is 3.68. The molecule has 0 bridgehead atoms. The number of hydrogen-bond donors (Lipinski definition) is 2. The Morgan fingerprint density at radius 2 is 2.06 bits per heavy atom. The number of piperidine rings is 1. The fourth-order valence-corrected chi connectivity index (χ4v) is 4.41. The number of methoxy groups -OCH3 is 1. The predicted octanol–water partition coefficient (Wildman–Crippen LogP) is 5.23. The van der Waals surface area contributed by atoms with Crippen LogP contribution in [0.1, 0.15) is 18.4 Å². The third-order valence-electron chi connectivity index (χ3n) is 5.95. The lowest BCUT2D eigenvalue weighted by atomic mass is 10.0. The maximum Gasteiger partial charge on any atom is 0.248 e. The maximum atomic E-state index is 12.9. The largest absolute Gasteiger partial charge is 0.489 e. The highest BCUT2D eigenvalue weighted by Gasteiger charge is 2.17. The molecule has 9 heteroatoms. The van der Waals surface area contributed by atoms with Crippen molar-refractivity contribution in [3.05, 3.63) is 64.3 Å². The summed E-state index contributed by atoms with van der Waals surface area (Å²) in [5.41, 5.74) is 4.06. The number of amides is 1. The molecule has 1 aliphatic rings. The fourth-order valence-electron chi connectivity index (χ4n) is 4.01. The Labute approximate surface area is 219 Å². The van der Waals surface area contributed by atoms with Crippen LogP contribution in [0.3, 0.4) is 0 Å². The van der Waals surface area contributed by atoms with E-state index in [9.17, 15) is 10.1 Å². The predicted molar refractivity (Wildman–Crippen MR) is 145 cm³/mol. The first kappa shape index (κ1) is 25.6. The Morgan fingerprint density at radius 1 is 1.25 bits per heavy atom. The van der Waals surface area contributed by atoms with Crippen molar-refractivity contribution in [3.63, 3.8) is 0 Å². The second kappa shape index (κ2) is 12.0. The van der Waals surface area contributed by atoms with E-state index in [1.165, 1.54) is 6.20 Å². The number of aromatic nitrogens is 1. The number of anilines is 3. The van der Waals surface area contributed by atoms with Crippen molar-refractivity contribution in [3.8, 4) is 11.8 Å². The highest BCUT2D eigenvalue weighted by Crippen LogP contribution is 2.36. The molecular weight excluding hydrogens is 522 g/mol. The molecule has 1 fully saturated rings. The third-order valence-corrected chi connectivity index (χ3v) is 6.44. The van der Waals surface area contributed by atoms with Gasteiger partial charge < -0.3 is 25.0 Å². The van der Waals surface area contributed by atoms with Crippen LogP contribution in [0.25, 0.3) is 10.9 Å². The van der Waals surface area contributed by atoms with Crippen molar-refractivity contribution in [2.75, 3.05) is 51.1 Å². The molecule has 1 saturated heterocycles. The molecule has 1 aliphatic heterocycles. The van der Waals surface area contributed by atoms with Crippen molar-refractivity contribution >= 4 is 49.8 Å². The van der Waals surface area contributed by atoms with E-state index in [1.807, 2.05) is 24.3 Å². The molecule has 0 unspecified atom stereocenters. The summed E-state index contributed by atoms with van der Waals surface area (Å²) in [5.74, 6) is 0.275. The first-order chi connectivity index (χ1) is 17.5. The van der Waals surface area contributed by atoms with Gasteiger partial charge in [-0.05, 0) is 44.2 Å². The monoisotopic (exact) mass is 549 g/mol. The van der Waals surface area contributed by atoms with Gasteiger partial charge in [-0.15, -0.1) is 0 Å². The zero-order valence-electron chi connectivity index (χ0n) is 20.3. The van der Waals surface area contributed by atoms with Gasteiger partial charge in [-0.2, -0.15) is 5.26 Å². The van der Waals surface area contributed by atoms with Crippen LogP contribution >= 0.6 is 15.9 Å². The number of likely N-dealkylation sites (tertiary alicyclic amines) is 1. The van der Waals surface area contributed by atoms with Crippen molar-refractivity contribution < 1.29 is 14.3 Å². The maximum absolute atomic E-state index is 12.9. The number of fused-ring (bicyclic) bond motifs is 1. The molecule has 2 heterocycles. The number of ether oxygens (including phenoxy) is 2. The van der Waals surface area contributed by atoms with Crippen molar-refractivity contribution in [2.45, 2.75) is 12.8 Å².